The van der Waals surface area contributed by atoms with Crippen LogP contribution in [-0.4, -0.2) is 26.9 Å². The van der Waals surface area contributed by atoms with Crippen molar-refractivity contribution in [2.24, 2.45) is 28.8 Å². The molecule has 2 aliphatic carbocycles. The van der Waals surface area contributed by atoms with E-state index in [1.807, 2.05) is 0 Å². The zero-order valence-electron chi connectivity index (χ0n) is 13.5. The quantitative estimate of drug-likeness (QED) is 0.810. The molecule has 2 fully saturated rings. The fourth-order valence-corrected chi connectivity index (χ4v) is 4.29. The monoisotopic (exact) mass is 305 g/mol. The van der Waals surface area contributed by atoms with Crippen molar-refractivity contribution < 1.29 is 5.11 Å². The van der Waals surface area contributed by atoms with Crippen molar-refractivity contribution in [2.45, 2.75) is 46.1 Å². The second kappa shape index (κ2) is 4.57. The molecule has 2 aliphatic rings. The first kappa shape index (κ1) is 15.1. The number of aliphatic imine (C=N–C) groups is 1. The van der Waals surface area contributed by atoms with E-state index in [2.05, 4.69) is 30.7 Å². The fraction of sp³-hybridized carbons (Fsp3) is 0.688. The van der Waals surface area contributed by atoms with Gasteiger partial charge in [-0.25, -0.2) is 4.79 Å². The van der Waals surface area contributed by atoms with Crippen LogP contribution in [-0.2, 0) is 7.05 Å². The van der Waals surface area contributed by atoms with E-state index >= 15 is 0 Å². The van der Waals surface area contributed by atoms with E-state index in [1.54, 1.807) is 0 Å². The summed E-state index contributed by atoms with van der Waals surface area (Å²) < 4.78 is 1.01. The van der Waals surface area contributed by atoms with E-state index in [9.17, 15) is 14.7 Å². The minimum absolute atomic E-state index is 0.0475. The molecule has 0 unspecified atom stereocenters. The van der Waals surface area contributed by atoms with E-state index in [1.165, 1.54) is 19.7 Å². The maximum atomic E-state index is 11.9. The number of nitrogens with zero attached hydrogens (tertiary/aromatic N) is 2. The van der Waals surface area contributed by atoms with Gasteiger partial charge in [0.15, 0.2) is 0 Å². The Morgan fingerprint density at radius 2 is 2.05 bits per heavy atom. The van der Waals surface area contributed by atoms with Crippen LogP contribution in [0.5, 0.6) is 5.88 Å². The van der Waals surface area contributed by atoms with Gasteiger partial charge in [-0.15, -0.1) is 0 Å². The van der Waals surface area contributed by atoms with E-state index < -0.39 is 11.2 Å². The van der Waals surface area contributed by atoms with Crippen LogP contribution in [0.3, 0.4) is 0 Å². The molecule has 22 heavy (non-hydrogen) atoms. The molecule has 2 saturated carbocycles. The Bertz CT molecular complexity index is 759. The van der Waals surface area contributed by atoms with Crippen LogP contribution in [0.4, 0.5) is 0 Å². The first-order valence-electron chi connectivity index (χ1n) is 7.74. The first-order chi connectivity index (χ1) is 10.2. The van der Waals surface area contributed by atoms with Crippen molar-refractivity contribution >= 4 is 6.21 Å². The SMILES string of the molecule is Cn1c(O)c(C=N[C@@H]2C[C@H]3CC[C@]2(C)C3(C)C)c(=O)[nH]c1=O. The lowest BCUT2D eigenvalue weighted by molar-refractivity contribution is 0.137. The lowest BCUT2D eigenvalue weighted by atomic mass is 9.69. The fourth-order valence-electron chi connectivity index (χ4n) is 4.29. The van der Waals surface area contributed by atoms with Crippen LogP contribution in [0, 0.1) is 16.7 Å². The molecule has 3 atom stereocenters. The molecule has 0 aliphatic heterocycles. The van der Waals surface area contributed by atoms with Gasteiger partial charge < -0.3 is 5.11 Å². The number of aromatic hydroxyl groups is 1. The largest absolute Gasteiger partial charge is 0.494 e. The Morgan fingerprint density at radius 3 is 2.59 bits per heavy atom. The average molecular weight is 305 g/mol. The van der Waals surface area contributed by atoms with Crippen molar-refractivity contribution in [3.05, 3.63) is 26.4 Å². The summed E-state index contributed by atoms with van der Waals surface area (Å²) in [6.45, 7) is 6.88. The highest BCUT2D eigenvalue weighted by Gasteiger charge is 2.61. The third kappa shape index (κ3) is 1.82. The predicted molar refractivity (Wildman–Crippen MR) is 84.6 cm³/mol. The maximum Gasteiger partial charge on any atom is 0.330 e. The second-order valence-corrected chi connectivity index (χ2v) is 7.46. The molecule has 1 heterocycles. The van der Waals surface area contributed by atoms with Crippen LogP contribution in [0.15, 0.2) is 14.6 Å². The first-order valence-corrected chi connectivity index (χ1v) is 7.74. The third-order valence-electron chi connectivity index (χ3n) is 6.46. The number of aromatic amines is 1. The summed E-state index contributed by atoms with van der Waals surface area (Å²) in [6.07, 6.45) is 4.83. The summed E-state index contributed by atoms with van der Waals surface area (Å²) >= 11 is 0. The van der Waals surface area contributed by atoms with Gasteiger partial charge in [-0.3, -0.25) is 19.3 Å². The lowest BCUT2D eigenvalue weighted by Crippen LogP contribution is -2.35. The maximum absolute atomic E-state index is 11.9. The van der Waals surface area contributed by atoms with Crippen LogP contribution >= 0.6 is 0 Å². The number of aromatic nitrogens is 2. The summed E-state index contributed by atoms with van der Waals surface area (Å²) in [7, 11) is 1.41. The van der Waals surface area contributed by atoms with Crippen LogP contribution in [0.25, 0.3) is 0 Å². The van der Waals surface area contributed by atoms with E-state index in [0.717, 1.165) is 17.4 Å². The van der Waals surface area contributed by atoms with Crippen molar-refractivity contribution in [1.82, 2.24) is 9.55 Å². The lowest BCUT2D eigenvalue weighted by Gasteiger charge is -2.37. The highest BCUT2D eigenvalue weighted by Crippen LogP contribution is 2.66. The number of hydrogen-bond acceptors (Lipinski definition) is 4. The number of hydrogen-bond donors (Lipinski definition) is 2. The molecule has 3 rings (SSSR count). The highest BCUT2D eigenvalue weighted by atomic mass is 16.3. The Labute approximate surface area is 128 Å². The van der Waals surface area contributed by atoms with Crippen molar-refractivity contribution in [1.29, 1.82) is 0 Å². The van der Waals surface area contributed by atoms with Crippen LogP contribution < -0.4 is 11.2 Å². The molecule has 6 nitrogen and oxygen atoms in total. The molecule has 1 aromatic heterocycles. The molecule has 120 valence electrons. The Hall–Kier alpha value is -1.85. The predicted octanol–water partition coefficient (Wildman–Crippen LogP) is 1.41. The second-order valence-electron chi connectivity index (χ2n) is 7.46. The smallest absolute Gasteiger partial charge is 0.330 e. The molecular weight excluding hydrogens is 282 g/mol. The topological polar surface area (TPSA) is 87.4 Å². The highest BCUT2D eigenvalue weighted by molar-refractivity contribution is 5.82. The van der Waals surface area contributed by atoms with Gasteiger partial charge in [0, 0.05) is 13.3 Å². The van der Waals surface area contributed by atoms with Crippen LogP contribution in [0.1, 0.15) is 45.6 Å². The van der Waals surface area contributed by atoms with E-state index in [-0.39, 0.29) is 28.3 Å². The van der Waals surface area contributed by atoms with Crippen LogP contribution in [0.2, 0.25) is 0 Å². The Kier molecular flexibility index (Phi) is 3.13. The molecule has 1 aromatic rings. The molecule has 0 saturated heterocycles. The number of H-pyrrole nitrogens is 1. The minimum Gasteiger partial charge on any atom is -0.494 e. The minimum atomic E-state index is -0.632. The van der Waals surface area contributed by atoms with E-state index in [4.69, 9.17) is 0 Å². The van der Waals surface area contributed by atoms with Gasteiger partial charge >= 0.3 is 5.69 Å². The zero-order chi connectivity index (χ0) is 16.3. The van der Waals surface area contributed by atoms with Gasteiger partial charge in [0.25, 0.3) is 5.56 Å². The molecule has 0 amide bonds. The summed E-state index contributed by atoms with van der Waals surface area (Å²) in [5.41, 5.74) is -0.819. The average Bonchev–Trinajstić information content (AvgIpc) is 2.78. The van der Waals surface area contributed by atoms with Gasteiger partial charge in [-0.2, -0.15) is 0 Å². The molecule has 0 aromatic carbocycles. The Balaban J connectivity index is 1.96. The van der Waals surface area contributed by atoms with Gasteiger partial charge in [-0.1, -0.05) is 20.8 Å². The summed E-state index contributed by atoms with van der Waals surface area (Å²) in [6, 6.07) is 0.150. The molecule has 2 bridgehead atoms. The van der Waals surface area contributed by atoms with Crippen molar-refractivity contribution in [3.63, 3.8) is 0 Å². The van der Waals surface area contributed by atoms with Crippen molar-refractivity contribution in [2.75, 3.05) is 0 Å². The molecule has 0 radical (unpaired) electrons. The molecular formula is C16H23N3O3. The molecule has 0 spiro atoms. The summed E-state index contributed by atoms with van der Waals surface area (Å²) in [4.78, 5) is 30.1. The molecule has 6 heteroatoms. The standard InChI is InChI=1S/C16H23N3O3/c1-15(2)9-5-6-16(15,3)11(7-9)17-8-10-12(20)18-14(22)19(4)13(10)21/h8-9,11,21H,5-7H2,1-4H3,(H,18,20,22)/t9-,11-,16+/m1/s1. The Morgan fingerprint density at radius 1 is 1.36 bits per heavy atom. The summed E-state index contributed by atoms with van der Waals surface area (Å²) in [5.74, 6) is 0.316. The normalized spacial score (nSPS) is 32.9. The number of fused-ring (bicyclic) bond motifs is 2. The van der Waals surface area contributed by atoms with Gasteiger partial charge in [0.1, 0.15) is 5.56 Å². The van der Waals surface area contributed by atoms with Gasteiger partial charge in [0.2, 0.25) is 5.88 Å². The number of rotatable bonds is 2. The molecule has 2 N–H and O–H groups in total. The van der Waals surface area contributed by atoms with Gasteiger partial charge in [0.05, 0.1) is 6.04 Å². The van der Waals surface area contributed by atoms with Crippen molar-refractivity contribution in [3.8, 4) is 5.88 Å². The van der Waals surface area contributed by atoms with E-state index in [0.29, 0.717) is 5.92 Å². The zero-order valence-corrected chi connectivity index (χ0v) is 13.5. The number of nitrogens with one attached hydrogen (secondary N) is 1. The van der Waals surface area contributed by atoms with Gasteiger partial charge in [-0.05, 0) is 36.0 Å². The third-order valence-corrected chi connectivity index (χ3v) is 6.46. The summed E-state index contributed by atoms with van der Waals surface area (Å²) in [5, 5.41) is 9.98.